The molecule has 0 radical (unpaired) electrons. The molecule has 1 aliphatic rings. The summed E-state index contributed by atoms with van der Waals surface area (Å²) in [5.74, 6) is 0.836. The molecule has 6 heteroatoms. The fraction of sp³-hybridized carbons (Fsp3) is 0.765. The van der Waals surface area contributed by atoms with Crippen LogP contribution in [0.25, 0.3) is 0 Å². The molecule has 0 amide bonds. The lowest BCUT2D eigenvalue weighted by molar-refractivity contribution is 0.0468. The third-order valence-corrected chi connectivity index (χ3v) is 5.05. The lowest BCUT2D eigenvalue weighted by Crippen LogP contribution is -2.40. The summed E-state index contributed by atoms with van der Waals surface area (Å²) >= 11 is 1.75. The van der Waals surface area contributed by atoms with Crippen LogP contribution in [0.2, 0.25) is 0 Å². The molecule has 1 fully saturated rings. The summed E-state index contributed by atoms with van der Waals surface area (Å²) < 4.78 is 5.98. The summed E-state index contributed by atoms with van der Waals surface area (Å²) in [6.45, 7) is 4.48. The van der Waals surface area contributed by atoms with Crippen molar-refractivity contribution in [2.45, 2.75) is 58.0 Å². The Morgan fingerprint density at radius 1 is 1.26 bits per heavy atom. The zero-order chi connectivity index (χ0) is 16.3. The zero-order valence-corrected chi connectivity index (χ0v) is 15.3. The van der Waals surface area contributed by atoms with Crippen molar-refractivity contribution in [2.24, 2.45) is 4.99 Å². The van der Waals surface area contributed by atoms with Crippen LogP contribution < -0.4 is 10.6 Å². The molecule has 1 aliphatic carbocycles. The van der Waals surface area contributed by atoms with E-state index in [1.54, 1.807) is 18.4 Å². The van der Waals surface area contributed by atoms with Gasteiger partial charge < -0.3 is 15.4 Å². The van der Waals surface area contributed by atoms with Crippen LogP contribution >= 0.6 is 11.3 Å². The first-order valence-electron chi connectivity index (χ1n) is 8.75. The summed E-state index contributed by atoms with van der Waals surface area (Å²) in [4.78, 5) is 9.88. The maximum absolute atomic E-state index is 5.98. The van der Waals surface area contributed by atoms with Crippen molar-refractivity contribution in [3.05, 3.63) is 16.1 Å². The van der Waals surface area contributed by atoms with E-state index in [2.05, 4.69) is 27.5 Å². The molecule has 1 heterocycles. The number of hydrogen-bond donors (Lipinski definition) is 2. The van der Waals surface area contributed by atoms with Gasteiger partial charge >= 0.3 is 0 Å². The third-order valence-electron chi connectivity index (χ3n) is 4.07. The fourth-order valence-corrected chi connectivity index (χ4v) is 3.62. The number of guanidine groups is 1. The van der Waals surface area contributed by atoms with E-state index in [0.29, 0.717) is 6.10 Å². The van der Waals surface area contributed by atoms with Crippen molar-refractivity contribution in [3.63, 3.8) is 0 Å². The van der Waals surface area contributed by atoms with Crippen LogP contribution in [0.3, 0.4) is 0 Å². The average Bonchev–Trinajstić information content (AvgIpc) is 2.81. The van der Waals surface area contributed by atoms with Gasteiger partial charge in [0.2, 0.25) is 0 Å². The molecule has 0 aromatic carbocycles. The first kappa shape index (κ1) is 18.2. The highest BCUT2D eigenvalue weighted by Crippen LogP contribution is 2.19. The van der Waals surface area contributed by atoms with E-state index in [1.165, 1.54) is 48.4 Å². The van der Waals surface area contributed by atoms with Gasteiger partial charge in [-0.15, -0.1) is 11.3 Å². The van der Waals surface area contributed by atoms with Crippen LogP contribution in [-0.2, 0) is 11.2 Å². The van der Waals surface area contributed by atoms with Gasteiger partial charge in [0.25, 0.3) is 0 Å². The van der Waals surface area contributed by atoms with E-state index >= 15 is 0 Å². The van der Waals surface area contributed by atoms with Crippen molar-refractivity contribution in [2.75, 3.05) is 26.7 Å². The topological polar surface area (TPSA) is 58.5 Å². The van der Waals surface area contributed by atoms with Crippen molar-refractivity contribution in [3.8, 4) is 0 Å². The number of nitrogens with zero attached hydrogens (tertiary/aromatic N) is 2. The van der Waals surface area contributed by atoms with Gasteiger partial charge in [-0.2, -0.15) is 0 Å². The second kappa shape index (κ2) is 10.6. The van der Waals surface area contributed by atoms with E-state index in [9.17, 15) is 0 Å². The van der Waals surface area contributed by atoms with E-state index in [1.807, 2.05) is 6.20 Å². The number of ether oxygens (including phenoxy) is 1. The van der Waals surface area contributed by atoms with E-state index in [0.717, 1.165) is 32.1 Å². The van der Waals surface area contributed by atoms with Gasteiger partial charge in [0.1, 0.15) is 0 Å². The monoisotopic (exact) mass is 338 g/mol. The number of aryl methyl sites for hydroxylation is 1. The summed E-state index contributed by atoms with van der Waals surface area (Å²) in [5, 5.41) is 7.81. The maximum atomic E-state index is 5.98. The Bertz CT molecular complexity index is 467. The van der Waals surface area contributed by atoms with Gasteiger partial charge in [0.05, 0.1) is 17.7 Å². The number of rotatable bonds is 7. The second-order valence-electron chi connectivity index (χ2n) is 6.02. The molecular weight excluding hydrogens is 308 g/mol. The molecule has 0 atom stereocenters. The van der Waals surface area contributed by atoms with E-state index in [-0.39, 0.29) is 0 Å². The lowest BCUT2D eigenvalue weighted by atomic mass is 10.1. The van der Waals surface area contributed by atoms with Crippen LogP contribution in [0.4, 0.5) is 0 Å². The number of aromatic nitrogens is 1. The molecule has 0 aliphatic heterocycles. The summed E-state index contributed by atoms with van der Waals surface area (Å²) in [5.41, 5.74) is 0. The molecule has 0 spiro atoms. The standard InChI is InChI=1S/C17H30N4OS/c1-14-13-21-16(23-14)9-10-19-17(18-2)20-11-12-22-15-7-5-3-4-6-8-15/h13,15H,3-12H2,1-2H3,(H2,18,19,20). The molecule has 1 aromatic heterocycles. The molecule has 0 unspecified atom stereocenters. The first-order valence-corrected chi connectivity index (χ1v) is 9.57. The first-order chi connectivity index (χ1) is 11.3. The van der Waals surface area contributed by atoms with Gasteiger partial charge in [-0.05, 0) is 19.8 Å². The van der Waals surface area contributed by atoms with Gasteiger partial charge in [0.15, 0.2) is 5.96 Å². The van der Waals surface area contributed by atoms with Crippen molar-refractivity contribution in [1.29, 1.82) is 0 Å². The smallest absolute Gasteiger partial charge is 0.191 e. The van der Waals surface area contributed by atoms with Gasteiger partial charge in [0, 0.05) is 37.6 Å². The van der Waals surface area contributed by atoms with Crippen molar-refractivity contribution >= 4 is 17.3 Å². The van der Waals surface area contributed by atoms with Crippen LogP contribution in [-0.4, -0.2) is 43.8 Å². The van der Waals surface area contributed by atoms with E-state index < -0.39 is 0 Å². The minimum Gasteiger partial charge on any atom is -0.376 e. The highest BCUT2D eigenvalue weighted by Gasteiger charge is 2.12. The molecule has 1 aromatic rings. The quantitative estimate of drug-likeness (QED) is 0.347. The molecule has 130 valence electrons. The van der Waals surface area contributed by atoms with E-state index in [4.69, 9.17) is 4.74 Å². The summed E-state index contributed by atoms with van der Waals surface area (Å²) in [6, 6.07) is 0. The normalized spacial score (nSPS) is 17.0. The summed E-state index contributed by atoms with van der Waals surface area (Å²) in [7, 11) is 1.80. The fourth-order valence-electron chi connectivity index (χ4n) is 2.83. The Balaban J connectivity index is 1.55. The average molecular weight is 339 g/mol. The van der Waals surface area contributed by atoms with Crippen molar-refractivity contribution < 1.29 is 4.74 Å². The molecule has 0 saturated heterocycles. The van der Waals surface area contributed by atoms with Crippen LogP contribution in [0.15, 0.2) is 11.2 Å². The number of thiazole rings is 1. The molecule has 5 nitrogen and oxygen atoms in total. The predicted molar refractivity (Wildman–Crippen MR) is 97.4 cm³/mol. The third kappa shape index (κ3) is 7.31. The number of aliphatic imine (C=N–C) groups is 1. The molecule has 0 bridgehead atoms. The van der Waals surface area contributed by atoms with Crippen LogP contribution in [0.5, 0.6) is 0 Å². The Morgan fingerprint density at radius 3 is 2.65 bits per heavy atom. The summed E-state index contributed by atoms with van der Waals surface area (Å²) in [6.07, 6.45) is 11.1. The predicted octanol–water partition coefficient (Wildman–Crippen LogP) is 2.90. The number of nitrogens with one attached hydrogen (secondary N) is 2. The van der Waals surface area contributed by atoms with Gasteiger partial charge in [-0.25, -0.2) is 4.98 Å². The SMILES string of the molecule is CN=C(NCCOC1CCCCCC1)NCCc1ncc(C)s1. The Labute approximate surface area is 144 Å². The minimum absolute atomic E-state index is 0.461. The van der Waals surface area contributed by atoms with Gasteiger partial charge in [-0.1, -0.05) is 25.7 Å². The van der Waals surface area contributed by atoms with Gasteiger partial charge in [-0.3, -0.25) is 4.99 Å². The molecule has 2 N–H and O–H groups in total. The Morgan fingerprint density at radius 2 is 2.00 bits per heavy atom. The molecular formula is C17H30N4OS. The maximum Gasteiger partial charge on any atom is 0.191 e. The highest BCUT2D eigenvalue weighted by molar-refractivity contribution is 7.11. The molecule has 1 saturated carbocycles. The zero-order valence-electron chi connectivity index (χ0n) is 14.4. The highest BCUT2D eigenvalue weighted by atomic mass is 32.1. The Hall–Kier alpha value is -1.14. The second-order valence-corrected chi connectivity index (χ2v) is 7.34. The van der Waals surface area contributed by atoms with Crippen LogP contribution in [0, 0.1) is 6.92 Å². The Kier molecular flexibility index (Phi) is 8.39. The number of hydrogen-bond acceptors (Lipinski definition) is 4. The molecule has 2 rings (SSSR count). The molecule has 23 heavy (non-hydrogen) atoms. The van der Waals surface area contributed by atoms with Crippen molar-refractivity contribution in [1.82, 2.24) is 15.6 Å². The minimum atomic E-state index is 0.461. The lowest BCUT2D eigenvalue weighted by Gasteiger charge is -2.16. The van der Waals surface area contributed by atoms with Crippen LogP contribution in [0.1, 0.15) is 48.4 Å². The largest absolute Gasteiger partial charge is 0.376 e.